The molecule has 0 saturated heterocycles. The Hall–Kier alpha value is -1.54. The van der Waals surface area contributed by atoms with Gasteiger partial charge in [0, 0.05) is 7.05 Å². The largest absolute Gasteiger partial charge is 0.357 e. The zero-order valence-corrected chi connectivity index (χ0v) is 10.9. The van der Waals surface area contributed by atoms with E-state index in [0.29, 0.717) is 10.6 Å². The third kappa shape index (κ3) is 1.69. The van der Waals surface area contributed by atoms with Crippen LogP contribution in [0.2, 0.25) is 0 Å². The highest BCUT2D eigenvalue weighted by molar-refractivity contribution is 7.91. The van der Waals surface area contributed by atoms with Gasteiger partial charge in [0.05, 0.1) is 22.4 Å². The maximum absolute atomic E-state index is 12.1. The van der Waals surface area contributed by atoms with Crippen molar-refractivity contribution in [1.82, 2.24) is 0 Å². The first-order valence-electron chi connectivity index (χ1n) is 5.34. The van der Waals surface area contributed by atoms with Crippen LogP contribution in [0.25, 0.3) is 0 Å². The van der Waals surface area contributed by atoms with Gasteiger partial charge in [-0.25, -0.2) is 8.42 Å². The monoisotopic (exact) mass is 250 g/mol. The van der Waals surface area contributed by atoms with E-state index in [4.69, 9.17) is 5.26 Å². The molecule has 1 aromatic rings. The number of nitrogens with zero attached hydrogens (tertiary/aromatic N) is 2. The van der Waals surface area contributed by atoms with Gasteiger partial charge in [-0.1, -0.05) is 6.07 Å². The number of sulfone groups is 1. The Morgan fingerprint density at radius 2 is 2.06 bits per heavy atom. The lowest BCUT2D eigenvalue weighted by Crippen LogP contribution is -2.41. The molecule has 1 atom stereocenters. The van der Waals surface area contributed by atoms with Gasteiger partial charge in [-0.2, -0.15) is 5.26 Å². The molecule has 1 aliphatic heterocycles. The number of benzene rings is 1. The Labute approximate surface area is 101 Å². The SMILES string of the molecule is Cc1ccc2c(c1C)N(C)C(C#N)CS2(=O)=O. The molecule has 0 radical (unpaired) electrons. The summed E-state index contributed by atoms with van der Waals surface area (Å²) in [5, 5.41) is 9.02. The van der Waals surface area contributed by atoms with E-state index in [1.807, 2.05) is 26.0 Å². The van der Waals surface area contributed by atoms with Gasteiger partial charge < -0.3 is 4.90 Å². The predicted molar refractivity (Wildman–Crippen MR) is 65.8 cm³/mol. The Balaban J connectivity index is 2.79. The van der Waals surface area contributed by atoms with E-state index in [9.17, 15) is 8.42 Å². The van der Waals surface area contributed by atoms with Crippen molar-refractivity contribution in [2.45, 2.75) is 24.8 Å². The first kappa shape index (κ1) is 11.9. The fraction of sp³-hybridized carbons (Fsp3) is 0.417. The highest BCUT2D eigenvalue weighted by Gasteiger charge is 2.35. The van der Waals surface area contributed by atoms with Crippen molar-refractivity contribution in [3.05, 3.63) is 23.3 Å². The van der Waals surface area contributed by atoms with Gasteiger partial charge in [-0.3, -0.25) is 0 Å². The predicted octanol–water partition coefficient (Wildman–Crippen LogP) is 1.42. The molecule has 1 unspecified atom stereocenters. The van der Waals surface area contributed by atoms with Gasteiger partial charge in [-0.05, 0) is 31.0 Å². The summed E-state index contributed by atoms with van der Waals surface area (Å²) in [5.74, 6) is -0.129. The molecule has 17 heavy (non-hydrogen) atoms. The van der Waals surface area contributed by atoms with Crippen LogP contribution in [-0.4, -0.2) is 27.3 Å². The molecule has 0 amide bonds. The second kappa shape index (κ2) is 3.74. The van der Waals surface area contributed by atoms with E-state index in [-0.39, 0.29) is 5.75 Å². The zero-order valence-electron chi connectivity index (χ0n) is 10.1. The van der Waals surface area contributed by atoms with Crippen molar-refractivity contribution in [2.24, 2.45) is 0 Å². The summed E-state index contributed by atoms with van der Waals surface area (Å²) in [6.45, 7) is 3.83. The minimum atomic E-state index is -3.34. The summed E-state index contributed by atoms with van der Waals surface area (Å²) >= 11 is 0. The lowest BCUT2D eigenvalue weighted by atomic mass is 10.1. The number of nitriles is 1. The van der Waals surface area contributed by atoms with Crippen molar-refractivity contribution in [1.29, 1.82) is 5.26 Å². The lowest BCUT2D eigenvalue weighted by molar-refractivity contribution is 0.585. The van der Waals surface area contributed by atoms with E-state index in [1.165, 1.54) is 0 Å². The van der Waals surface area contributed by atoms with E-state index >= 15 is 0 Å². The van der Waals surface area contributed by atoms with Crippen LogP contribution in [0.1, 0.15) is 11.1 Å². The highest BCUT2D eigenvalue weighted by Crippen LogP contribution is 2.36. The molecule has 0 N–H and O–H groups in total. The maximum atomic E-state index is 12.1. The smallest absolute Gasteiger partial charge is 0.183 e. The lowest BCUT2D eigenvalue weighted by Gasteiger charge is -2.33. The Kier molecular flexibility index (Phi) is 2.63. The summed E-state index contributed by atoms with van der Waals surface area (Å²) in [4.78, 5) is 2.10. The van der Waals surface area contributed by atoms with E-state index in [1.54, 1.807) is 18.0 Å². The normalized spacial score (nSPS) is 21.8. The molecule has 0 fully saturated rings. The molecule has 1 aliphatic rings. The Morgan fingerprint density at radius 1 is 1.41 bits per heavy atom. The van der Waals surface area contributed by atoms with Crippen molar-refractivity contribution in [2.75, 3.05) is 17.7 Å². The molecule has 0 bridgehead atoms. The number of aryl methyl sites for hydroxylation is 1. The quantitative estimate of drug-likeness (QED) is 0.698. The number of rotatable bonds is 0. The molecule has 4 nitrogen and oxygen atoms in total. The molecule has 0 aromatic heterocycles. The zero-order chi connectivity index (χ0) is 12.8. The molecule has 0 spiro atoms. The number of fused-ring (bicyclic) bond motifs is 1. The molecule has 0 aliphatic carbocycles. The van der Waals surface area contributed by atoms with E-state index in [0.717, 1.165) is 11.1 Å². The van der Waals surface area contributed by atoms with E-state index in [2.05, 4.69) is 0 Å². The molecule has 0 saturated carbocycles. The van der Waals surface area contributed by atoms with Crippen LogP contribution in [-0.2, 0) is 9.84 Å². The number of hydrogen-bond donors (Lipinski definition) is 0. The molecule has 90 valence electrons. The van der Waals surface area contributed by atoms with Crippen LogP contribution in [0, 0.1) is 25.2 Å². The van der Waals surface area contributed by atoms with Crippen molar-refractivity contribution in [3.63, 3.8) is 0 Å². The first-order valence-corrected chi connectivity index (χ1v) is 6.99. The molecule has 2 rings (SSSR count). The summed E-state index contributed by atoms with van der Waals surface area (Å²) in [6, 6.07) is 4.89. The second-order valence-corrected chi connectivity index (χ2v) is 6.39. The number of anilines is 1. The summed E-state index contributed by atoms with van der Waals surface area (Å²) in [5.41, 5.74) is 2.63. The van der Waals surface area contributed by atoms with Crippen LogP contribution in [0.5, 0.6) is 0 Å². The average Bonchev–Trinajstić information content (AvgIpc) is 2.27. The van der Waals surface area contributed by atoms with Gasteiger partial charge in [-0.15, -0.1) is 0 Å². The third-order valence-corrected chi connectivity index (χ3v) is 5.10. The molecular weight excluding hydrogens is 236 g/mol. The Morgan fingerprint density at radius 3 is 2.65 bits per heavy atom. The Bertz CT molecular complexity index is 614. The maximum Gasteiger partial charge on any atom is 0.183 e. The van der Waals surface area contributed by atoms with Gasteiger partial charge in [0.1, 0.15) is 6.04 Å². The minimum Gasteiger partial charge on any atom is -0.357 e. The molecule has 5 heteroatoms. The topological polar surface area (TPSA) is 61.2 Å². The van der Waals surface area contributed by atoms with Crippen molar-refractivity contribution < 1.29 is 8.42 Å². The highest BCUT2D eigenvalue weighted by atomic mass is 32.2. The van der Waals surface area contributed by atoms with Crippen LogP contribution < -0.4 is 4.90 Å². The van der Waals surface area contributed by atoms with Gasteiger partial charge in [0.25, 0.3) is 0 Å². The van der Waals surface area contributed by atoms with Crippen LogP contribution in [0.4, 0.5) is 5.69 Å². The minimum absolute atomic E-state index is 0.129. The summed E-state index contributed by atoms with van der Waals surface area (Å²) in [7, 11) is -1.57. The van der Waals surface area contributed by atoms with Crippen LogP contribution in [0.15, 0.2) is 17.0 Å². The second-order valence-electron chi connectivity index (χ2n) is 4.39. The first-order chi connectivity index (χ1) is 7.88. The average molecular weight is 250 g/mol. The molecular formula is C12H14N2O2S. The van der Waals surface area contributed by atoms with Crippen LogP contribution in [0.3, 0.4) is 0 Å². The third-order valence-electron chi connectivity index (χ3n) is 3.35. The summed E-state index contributed by atoms with van der Waals surface area (Å²) in [6.07, 6.45) is 0. The van der Waals surface area contributed by atoms with Crippen LogP contribution >= 0.6 is 0 Å². The molecule has 1 heterocycles. The fourth-order valence-corrected chi connectivity index (χ4v) is 3.92. The van der Waals surface area contributed by atoms with Crippen molar-refractivity contribution in [3.8, 4) is 6.07 Å². The fourth-order valence-electron chi connectivity index (χ4n) is 2.15. The van der Waals surface area contributed by atoms with Gasteiger partial charge in [0.15, 0.2) is 9.84 Å². The summed E-state index contributed by atoms with van der Waals surface area (Å²) < 4.78 is 24.1. The van der Waals surface area contributed by atoms with Gasteiger partial charge >= 0.3 is 0 Å². The van der Waals surface area contributed by atoms with E-state index < -0.39 is 15.9 Å². The number of hydrogen-bond acceptors (Lipinski definition) is 4. The molecule has 1 aromatic carbocycles. The van der Waals surface area contributed by atoms with Gasteiger partial charge in [0.2, 0.25) is 0 Å². The standard InChI is InChI=1S/C12H14N2O2S/c1-8-4-5-11-12(9(8)2)14(3)10(6-13)7-17(11,15)16/h4-5,10H,7H2,1-3H3. The van der Waals surface area contributed by atoms with Crippen molar-refractivity contribution >= 4 is 15.5 Å².